The summed E-state index contributed by atoms with van der Waals surface area (Å²) in [4.78, 5) is 16.9. The number of benzene rings is 3. The fourth-order valence-electron chi connectivity index (χ4n) is 2.61. The van der Waals surface area contributed by atoms with Gasteiger partial charge in [0.2, 0.25) is 0 Å². The summed E-state index contributed by atoms with van der Waals surface area (Å²) in [6, 6.07) is 21.8. The number of halogens is 1. The molecule has 0 saturated heterocycles. The predicted octanol–water partition coefficient (Wildman–Crippen LogP) is 5.98. The van der Waals surface area contributed by atoms with Gasteiger partial charge in [0.15, 0.2) is 5.13 Å². The normalized spacial score (nSPS) is 10.8. The predicted molar refractivity (Wildman–Crippen MR) is 107 cm³/mol. The van der Waals surface area contributed by atoms with Crippen LogP contribution in [0.1, 0.15) is 10.4 Å². The number of carbonyl (C=O) groups excluding carboxylic acids is 1. The van der Waals surface area contributed by atoms with Crippen LogP contribution >= 0.6 is 27.3 Å². The lowest BCUT2D eigenvalue weighted by Crippen LogP contribution is -2.11. The summed E-state index contributed by atoms with van der Waals surface area (Å²) in [7, 11) is 0. The third-order valence-electron chi connectivity index (χ3n) is 3.86. The molecule has 3 aromatic carbocycles. The lowest BCUT2D eigenvalue weighted by molar-refractivity contribution is 0.102. The number of amides is 1. The molecule has 0 radical (unpaired) electrons. The van der Waals surface area contributed by atoms with Crippen LogP contribution in [0, 0.1) is 0 Å². The van der Waals surface area contributed by atoms with Crippen molar-refractivity contribution >= 4 is 49.1 Å². The van der Waals surface area contributed by atoms with Crippen LogP contribution in [0.3, 0.4) is 0 Å². The molecule has 25 heavy (non-hydrogen) atoms. The maximum atomic E-state index is 12.3. The Kier molecular flexibility index (Phi) is 4.34. The highest BCUT2D eigenvalue weighted by Gasteiger charge is 2.10. The summed E-state index contributed by atoms with van der Waals surface area (Å²) in [5.74, 6) is -0.166. The lowest BCUT2D eigenvalue weighted by Gasteiger charge is -2.02. The highest BCUT2D eigenvalue weighted by molar-refractivity contribution is 9.10. The van der Waals surface area contributed by atoms with Gasteiger partial charge in [0.1, 0.15) is 0 Å². The summed E-state index contributed by atoms with van der Waals surface area (Å²) in [5, 5.41) is 7.78. The van der Waals surface area contributed by atoms with E-state index >= 15 is 0 Å². The van der Waals surface area contributed by atoms with Gasteiger partial charge >= 0.3 is 0 Å². The van der Waals surface area contributed by atoms with Gasteiger partial charge in [0, 0.05) is 21.0 Å². The van der Waals surface area contributed by atoms with Gasteiger partial charge < -0.3 is 0 Å². The third kappa shape index (κ3) is 3.48. The summed E-state index contributed by atoms with van der Waals surface area (Å²) in [6.45, 7) is 0. The first kappa shape index (κ1) is 16.0. The number of thiazole rings is 1. The van der Waals surface area contributed by atoms with E-state index in [1.807, 2.05) is 29.6 Å². The second-order valence-corrected chi connectivity index (χ2v) is 7.34. The van der Waals surface area contributed by atoms with E-state index in [2.05, 4.69) is 56.6 Å². The summed E-state index contributed by atoms with van der Waals surface area (Å²) < 4.78 is 0.871. The van der Waals surface area contributed by atoms with E-state index < -0.39 is 0 Å². The SMILES string of the molecule is O=C(Nc1nc(-c2ccc3ccccc3c2)cs1)c1cccc(Br)c1. The van der Waals surface area contributed by atoms with Gasteiger partial charge in [-0.15, -0.1) is 11.3 Å². The minimum absolute atomic E-state index is 0.166. The molecule has 0 atom stereocenters. The van der Waals surface area contributed by atoms with Crippen molar-refractivity contribution in [2.45, 2.75) is 0 Å². The Morgan fingerprint density at radius 1 is 0.960 bits per heavy atom. The van der Waals surface area contributed by atoms with Crippen LogP contribution in [0.2, 0.25) is 0 Å². The van der Waals surface area contributed by atoms with Crippen LogP contribution in [0.15, 0.2) is 76.6 Å². The Bertz CT molecular complexity index is 1070. The van der Waals surface area contributed by atoms with Crippen molar-refractivity contribution in [2.24, 2.45) is 0 Å². The Morgan fingerprint density at radius 3 is 2.64 bits per heavy atom. The van der Waals surface area contributed by atoms with Gasteiger partial charge in [-0.05, 0) is 35.0 Å². The van der Waals surface area contributed by atoms with Crippen LogP contribution in [0.4, 0.5) is 5.13 Å². The number of nitrogens with one attached hydrogen (secondary N) is 1. The van der Waals surface area contributed by atoms with E-state index in [0.29, 0.717) is 10.7 Å². The molecule has 3 nitrogen and oxygen atoms in total. The quantitative estimate of drug-likeness (QED) is 0.453. The van der Waals surface area contributed by atoms with Crippen LogP contribution in [0.25, 0.3) is 22.0 Å². The van der Waals surface area contributed by atoms with E-state index in [1.165, 1.54) is 22.1 Å². The molecule has 4 aromatic rings. The average molecular weight is 409 g/mol. The largest absolute Gasteiger partial charge is 0.298 e. The minimum atomic E-state index is -0.166. The van der Waals surface area contributed by atoms with E-state index in [0.717, 1.165) is 15.7 Å². The van der Waals surface area contributed by atoms with Gasteiger partial charge in [-0.2, -0.15) is 0 Å². The summed E-state index contributed by atoms with van der Waals surface area (Å²) in [5.41, 5.74) is 2.50. The molecule has 1 N–H and O–H groups in total. The van der Waals surface area contributed by atoms with Crippen molar-refractivity contribution in [3.63, 3.8) is 0 Å². The molecule has 0 aliphatic heterocycles. The highest BCUT2D eigenvalue weighted by atomic mass is 79.9. The fraction of sp³-hybridized carbons (Fsp3) is 0. The molecule has 4 rings (SSSR count). The van der Waals surface area contributed by atoms with Gasteiger partial charge in [-0.25, -0.2) is 4.98 Å². The third-order valence-corrected chi connectivity index (χ3v) is 5.11. The summed E-state index contributed by atoms with van der Waals surface area (Å²) >= 11 is 4.80. The molecule has 5 heteroatoms. The number of anilines is 1. The number of fused-ring (bicyclic) bond motifs is 1. The molecule has 1 amide bonds. The standard InChI is InChI=1S/C20H13BrN2OS/c21-17-7-3-6-16(11-17)19(24)23-20-22-18(12-25-20)15-9-8-13-4-1-2-5-14(13)10-15/h1-12H,(H,22,23,24). The van der Waals surface area contributed by atoms with Gasteiger partial charge in [-0.3, -0.25) is 10.1 Å². The molecule has 0 unspecified atom stereocenters. The maximum absolute atomic E-state index is 12.3. The van der Waals surface area contributed by atoms with Gasteiger partial charge in [0.05, 0.1) is 5.69 Å². The number of carbonyl (C=O) groups is 1. The van der Waals surface area contributed by atoms with E-state index in [9.17, 15) is 4.79 Å². The van der Waals surface area contributed by atoms with Crippen molar-refractivity contribution in [2.75, 3.05) is 5.32 Å². The first-order valence-electron chi connectivity index (χ1n) is 7.71. The Morgan fingerprint density at radius 2 is 1.80 bits per heavy atom. The molecule has 0 spiro atoms. The van der Waals surface area contributed by atoms with Crippen molar-refractivity contribution in [1.82, 2.24) is 4.98 Å². The fourth-order valence-corrected chi connectivity index (χ4v) is 3.73. The Hall–Kier alpha value is -2.50. The number of aromatic nitrogens is 1. The van der Waals surface area contributed by atoms with Crippen LogP contribution in [-0.2, 0) is 0 Å². The zero-order valence-electron chi connectivity index (χ0n) is 13.1. The molecule has 1 aromatic heterocycles. The zero-order chi connectivity index (χ0) is 17.2. The smallest absolute Gasteiger partial charge is 0.257 e. The molecule has 122 valence electrons. The van der Waals surface area contributed by atoms with Crippen molar-refractivity contribution in [1.29, 1.82) is 0 Å². The second-order valence-electron chi connectivity index (χ2n) is 5.56. The molecule has 0 saturated carbocycles. The maximum Gasteiger partial charge on any atom is 0.257 e. The monoisotopic (exact) mass is 408 g/mol. The second kappa shape index (κ2) is 6.78. The number of nitrogens with zero attached hydrogens (tertiary/aromatic N) is 1. The number of rotatable bonds is 3. The Balaban J connectivity index is 1.58. The molecule has 0 aliphatic rings. The van der Waals surface area contributed by atoms with Crippen molar-refractivity contribution < 1.29 is 4.79 Å². The van der Waals surface area contributed by atoms with E-state index in [-0.39, 0.29) is 5.91 Å². The molecular formula is C20H13BrN2OS. The lowest BCUT2D eigenvalue weighted by atomic mass is 10.1. The molecule has 1 heterocycles. The van der Waals surface area contributed by atoms with Gasteiger partial charge in [0.25, 0.3) is 5.91 Å². The Labute approximate surface area is 157 Å². The minimum Gasteiger partial charge on any atom is -0.298 e. The summed E-state index contributed by atoms with van der Waals surface area (Å²) in [6.07, 6.45) is 0. The molecular weight excluding hydrogens is 396 g/mol. The van der Waals surface area contributed by atoms with Crippen LogP contribution in [-0.4, -0.2) is 10.9 Å². The van der Waals surface area contributed by atoms with Crippen molar-refractivity contribution in [3.05, 3.63) is 82.1 Å². The molecule has 0 aliphatic carbocycles. The van der Waals surface area contributed by atoms with Crippen LogP contribution < -0.4 is 5.32 Å². The molecule has 0 fully saturated rings. The van der Waals surface area contributed by atoms with E-state index in [4.69, 9.17) is 0 Å². The highest BCUT2D eigenvalue weighted by Crippen LogP contribution is 2.28. The zero-order valence-corrected chi connectivity index (χ0v) is 15.5. The molecule has 0 bridgehead atoms. The first-order valence-corrected chi connectivity index (χ1v) is 9.38. The average Bonchev–Trinajstić information content (AvgIpc) is 3.10. The topological polar surface area (TPSA) is 42.0 Å². The number of hydrogen-bond donors (Lipinski definition) is 1. The van der Waals surface area contributed by atoms with Crippen LogP contribution in [0.5, 0.6) is 0 Å². The first-order chi connectivity index (χ1) is 12.2. The van der Waals surface area contributed by atoms with E-state index in [1.54, 1.807) is 12.1 Å². The van der Waals surface area contributed by atoms with Gasteiger partial charge in [-0.1, -0.05) is 58.4 Å². The number of hydrogen-bond acceptors (Lipinski definition) is 3. The van der Waals surface area contributed by atoms with Crippen molar-refractivity contribution in [3.8, 4) is 11.3 Å².